The van der Waals surface area contributed by atoms with Crippen LogP contribution in [0.3, 0.4) is 0 Å². The maximum atomic E-state index is 12.0. The van der Waals surface area contributed by atoms with Crippen LogP contribution in [-0.2, 0) is 6.42 Å². The topological polar surface area (TPSA) is 56.0 Å². The molecule has 1 aromatic heterocycles. The van der Waals surface area contributed by atoms with Gasteiger partial charge in [-0.15, -0.1) is 0 Å². The Morgan fingerprint density at radius 1 is 1.29 bits per heavy atom. The van der Waals surface area contributed by atoms with Gasteiger partial charge in [-0.25, -0.2) is 0 Å². The second-order valence-corrected chi connectivity index (χ2v) is 4.03. The van der Waals surface area contributed by atoms with Crippen molar-refractivity contribution in [3.8, 4) is 0 Å². The van der Waals surface area contributed by atoms with Gasteiger partial charge < -0.3 is 5.73 Å². The summed E-state index contributed by atoms with van der Waals surface area (Å²) in [5, 5.41) is 0. The van der Waals surface area contributed by atoms with Gasteiger partial charge in [0, 0.05) is 12.6 Å². The minimum absolute atomic E-state index is 0.0475. The third-order valence-electron chi connectivity index (χ3n) is 2.55. The number of aromatic nitrogens is 1. The Hall–Kier alpha value is -2.16. The van der Waals surface area contributed by atoms with Crippen LogP contribution in [0.15, 0.2) is 42.6 Å². The first kappa shape index (κ1) is 11.3. The van der Waals surface area contributed by atoms with Gasteiger partial charge in [-0.3, -0.25) is 9.78 Å². The number of carbonyl (C=O) groups excluding carboxylic acids is 1. The first-order valence-corrected chi connectivity index (χ1v) is 5.46. The van der Waals surface area contributed by atoms with E-state index in [1.54, 1.807) is 18.3 Å². The highest BCUT2D eigenvalue weighted by Gasteiger charge is 2.11. The van der Waals surface area contributed by atoms with E-state index >= 15 is 0 Å². The van der Waals surface area contributed by atoms with E-state index in [2.05, 4.69) is 4.98 Å². The van der Waals surface area contributed by atoms with Crippen LogP contribution >= 0.6 is 0 Å². The van der Waals surface area contributed by atoms with Gasteiger partial charge in [0.15, 0.2) is 5.78 Å². The zero-order valence-corrected chi connectivity index (χ0v) is 9.68. The third-order valence-corrected chi connectivity index (χ3v) is 2.55. The number of hydrogen-bond acceptors (Lipinski definition) is 3. The molecule has 0 fully saturated rings. The normalized spacial score (nSPS) is 10.2. The Labute approximate surface area is 100 Å². The number of aryl methyl sites for hydroxylation is 1. The number of anilines is 1. The van der Waals surface area contributed by atoms with Gasteiger partial charge in [-0.05, 0) is 24.6 Å². The highest BCUT2D eigenvalue weighted by Crippen LogP contribution is 2.12. The molecule has 2 N–H and O–H groups in total. The Kier molecular flexibility index (Phi) is 3.19. The lowest BCUT2D eigenvalue weighted by molar-refractivity contribution is 0.0989. The van der Waals surface area contributed by atoms with Crippen LogP contribution in [0.25, 0.3) is 0 Å². The van der Waals surface area contributed by atoms with Crippen LogP contribution in [0.4, 0.5) is 5.69 Å². The fourth-order valence-electron chi connectivity index (χ4n) is 1.74. The molecular formula is C14H14N2O. The molecular weight excluding hydrogens is 212 g/mol. The minimum atomic E-state index is -0.0475. The molecule has 0 aliphatic rings. The lowest BCUT2D eigenvalue weighted by Crippen LogP contribution is -2.09. The van der Waals surface area contributed by atoms with E-state index in [9.17, 15) is 4.79 Å². The average Bonchev–Trinajstić information content (AvgIpc) is 2.29. The van der Waals surface area contributed by atoms with E-state index in [1.807, 2.05) is 31.2 Å². The highest BCUT2D eigenvalue weighted by molar-refractivity contribution is 5.99. The smallest absolute Gasteiger partial charge is 0.187 e. The van der Waals surface area contributed by atoms with Crippen molar-refractivity contribution < 1.29 is 4.79 Å². The first-order valence-electron chi connectivity index (χ1n) is 5.46. The molecule has 0 aliphatic carbocycles. The van der Waals surface area contributed by atoms with E-state index in [4.69, 9.17) is 5.73 Å². The molecule has 17 heavy (non-hydrogen) atoms. The van der Waals surface area contributed by atoms with E-state index in [-0.39, 0.29) is 5.78 Å². The second kappa shape index (κ2) is 4.78. The monoisotopic (exact) mass is 226 g/mol. The van der Waals surface area contributed by atoms with Crippen molar-refractivity contribution >= 4 is 11.5 Å². The number of nitrogen functional groups attached to an aromatic ring is 1. The Morgan fingerprint density at radius 3 is 2.82 bits per heavy atom. The zero-order valence-electron chi connectivity index (χ0n) is 9.68. The first-order chi connectivity index (χ1) is 8.16. The third kappa shape index (κ3) is 2.69. The van der Waals surface area contributed by atoms with Crippen molar-refractivity contribution in [2.45, 2.75) is 13.3 Å². The number of nitrogens with two attached hydrogens (primary N) is 1. The van der Waals surface area contributed by atoms with Crippen LogP contribution in [0.2, 0.25) is 0 Å². The summed E-state index contributed by atoms with van der Waals surface area (Å²) in [5.74, 6) is -0.0475. The molecule has 0 saturated heterocycles. The van der Waals surface area contributed by atoms with Crippen molar-refractivity contribution in [2.24, 2.45) is 0 Å². The lowest BCUT2D eigenvalue weighted by Gasteiger charge is -2.04. The molecule has 0 spiro atoms. The summed E-state index contributed by atoms with van der Waals surface area (Å²) >= 11 is 0. The molecule has 0 unspecified atom stereocenters. The highest BCUT2D eigenvalue weighted by atomic mass is 16.1. The molecule has 3 heteroatoms. The van der Waals surface area contributed by atoms with Crippen molar-refractivity contribution in [1.29, 1.82) is 0 Å². The van der Waals surface area contributed by atoms with Gasteiger partial charge in [-0.1, -0.05) is 29.8 Å². The average molecular weight is 226 g/mol. The second-order valence-electron chi connectivity index (χ2n) is 4.03. The molecule has 1 aromatic carbocycles. The number of pyridine rings is 1. The Morgan fingerprint density at radius 2 is 2.12 bits per heavy atom. The maximum absolute atomic E-state index is 12.0. The van der Waals surface area contributed by atoms with Crippen LogP contribution in [0, 0.1) is 6.92 Å². The maximum Gasteiger partial charge on any atom is 0.187 e. The van der Waals surface area contributed by atoms with Gasteiger partial charge in [0.25, 0.3) is 0 Å². The molecule has 0 bridgehead atoms. The summed E-state index contributed by atoms with van der Waals surface area (Å²) < 4.78 is 0. The van der Waals surface area contributed by atoms with E-state index in [0.29, 0.717) is 17.8 Å². The lowest BCUT2D eigenvalue weighted by atomic mass is 10.0. The van der Waals surface area contributed by atoms with Crippen LogP contribution in [-0.4, -0.2) is 10.8 Å². The molecule has 0 aliphatic heterocycles. The Bertz CT molecular complexity index is 549. The quantitative estimate of drug-likeness (QED) is 0.817. The van der Waals surface area contributed by atoms with Crippen molar-refractivity contribution in [3.63, 3.8) is 0 Å². The predicted molar refractivity (Wildman–Crippen MR) is 67.9 cm³/mol. The zero-order chi connectivity index (χ0) is 12.3. The summed E-state index contributed by atoms with van der Waals surface area (Å²) in [4.78, 5) is 16.0. The molecule has 0 saturated carbocycles. The van der Waals surface area contributed by atoms with Gasteiger partial charge in [0.1, 0.15) is 5.69 Å². The molecule has 2 aromatic rings. The predicted octanol–water partition coefficient (Wildman–Crippen LogP) is 2.40. The molecule has 0 atom stereocenters. The van der Waals surface area contributed by atoms with Crippen molar-refractivity contribution in [3.05, 3.63) is 59.4 Å². The van der Waals surface area contributed by atoms with Gasteiger partial charge in [0.05, 0.1) is 5.69 Å². The summed E-state index contributed by atoms with van der Waals surface area (Å²) in [6.45, 7) is 2.00. The standard InChI is InChI=1S/C14H14N2O/c1-10-4-2-5-11(8-10)9-13(17)14-12(15)6-3-7-16-14/h2-8H,9,15H2,1H3. The van der Waals surface area contributed by atoms with E-state index in [1.165, 1.54) is 0 Å². The van der Waals surface area contributed by atoms with Gasteiger partial charge in [-0.2, -0.15) is 0 Å². The number of Topliss-reactive ketones (excluding diaryl/α,β-unsaturated/α-hetero) is 1. The molecule has 0 radical (unpaired) electrons. The van der Waals surface area contributed by atoms with E-state index < -0.39 is 0 Å². The van der Waals surface area contributed by atoms with Crippen molar-refractivity contribution in [1.82, 2.24) is 4.98 Å². The minimum Gasteiger partial charge on any atom is -0.397 e. The fraction of sp³-hybridized carbons (Fsp3) is 0.143. The number of nitrogens with zero attached hydrogens (tertiary/aromatic N) is 1. The number of hydrogen-bond donors (Lipinski definition) is 1. The summed E-state index contributed by atoms with van der Waals surface area (Å²) in [5.41, 5.74) is 8.64. The van der Waals surface area contributed by atoms with Gasteiger partial charge in [0.2, 0.25) is 0 Å². The van der Waals surface area contributed by atoms with Crippen LogP contribution in [0.1, 0.15) is 21.6 Å². The Balaban J connectivity index is 2.20. The molecule has 2 rings (SSSR count). The molecule has 86 valence electrons. The molecule has 1 heterocycles. The largest absolute Gasteiger partial charge is 0.397 e. The SMILES string of the molecule is Cc1cccc(CC(=O)c2ncccc2N)c1. The number of benzene rings is 1. The van der Waals surface area contributed by atoms with Gasteiger partial charge >= 0.3 is 0 Å². The number of carbonyl (C=O) groups is 1. The summed E-state index contributed by atoms with van der Waals surface area (Å²) in [6, 6.07) is 11.3. The summed E-state index contributed by atoms with van der Waals surface area (Å²) in [7, 11) is 0. The van der Waals surface area contributed by atoms with Crippen LogP contribution < -0.4 is 5.73 Å². The number of rotatable bonds is 3. The van der Waals surface area contributed by atoms with Crippen LogP contribution in [0.5, 0.6) is 0 Å². The van der Waals surface area contributed by atoms with Crippen molar-refractivity contribution in [2.75, 3.05) is 5.73 Å². The van der Waals surface area contributed by atoms with E-state index in [0.717, 1.165) is 11.1 Å². The number of ketones is 1. The fourth-order valence-corrected chi connectivity index (χ4v) is 1.74. The molecule has 3 nitrogen and oxygen atoms in total. The molecule has 0 amide bonds. The summed E-state index contributed by atoms with van der Waals surface area (Å²) in [6.07, 6.45) is 1.92.